The molecule has 2 nitrogen and oxygen atoms in total. The second-order valence-corrected chi connectivity index (χ2v) is 5.49. The lowest BCUT2D eigenvalue weighted by Gasteiger charge is -2.05. The molecular formula is C16H16FNOS. The van der Waals surface area contributed by atoms with Crippen LogP contribution in [0.5, 0.6) is 0 Å². The summed E-state index contributed by atoms with van der Waals surface area (Å²) < 4.78 is 13.0. The molecule has 20 heavy (non-hydrogen) atoms. The highest BCUT2D eigenvalue weighted by atomic mass is 32.2. The van der Waals surface area contributed by atoms with Gasteiger partial charge in [0.05, 0.1) is 0 Å². The molecule has 1 amide bonds. The largest absolute Gasteiger partial charge is 0.352 e. The van der Waals surface area contributed by atoms with Gasteiger partial charge < -0.3 is 5.32 Å². The summed E-state index contributed by atoms with van der Waals surface area (Å²) in [5.74, 6) is 0.438. The zero-order valence-corrected chi connectivity index (χ0v) is 11.8. The lowest BCUT2D eigenvalue weighted by molar-refractivity contribution is -0.120. The molecule has 0 aliphatic rings. The Balaban J connectivity index is 1.68. The van der Waals surface area contributed by atoms with Crippen molar-refractivity contribution in [1.82, 2.24) is 5.32 Å². The number of rotatable bonds is 6. The average molecular weight is 289 g/mol. The number of thioether (sulfide) groups is 1. The van der Waals surface area contributed by atoms with Crippen molar-refractivity contribution in [2.45, 2.75) is 17.9 Å². The number of hydrogen-bond acceptors (Lipinski definition) is 2. The molecule has 0 spiro atoms. The first-order valence-electron chi connectivity index (χ1n) is 6.43. The Morgan fingerprint density at radius 3 is 2.65 bits per heavy atom. The van der Waals surface area contributed by atoms with E-state index in [2.05, 4.69) is 5.32 Å². The summed E-state index contributed by atoms with van der Waals surface area (Å²) in [4.78, 5) is 12.8. The fourth-order valence-corrected chi connectivity index (χ4v) is 2.59. The van der Waals surface area contributed by atoms with E-state index in [0.717, 1.165) is 16.2 Å². The third-order valence-corrected chi connectivity index (χ3v) is 3.73. The normalized spacial score (nSPS) is 10.2. The summed E-state index contributed by atoms with van der Waals surface area (Å²) in [7, 11) is 0. The minimum absolute atomic E-state index is 0.0160. The number of nitrogens with one attached hydrogen (secondary N) is 1. The van der Waals surface area contributed by atoms with Crippen molar-refractivity contribution in [3.63, 3.8) is 0 Å². The van der Waals surface area contributed by atoms with E-state index in [0.29, 0.717) is 13.0 Å². The highest BCUT2D eigenvalue weighted by Crippen LogP contribution is 2.17. The third-order valence-electron chi connectivity index (χ3n) is 2.72. The Bertz CT molecular complexity index is 559. The molecule has 1 N–H and O–H groups in total. The van der Waals surface area contributed by atoms with Crippen molar-refractivity contribution in [2.75, 3.05) is 5.75 Å². The van der Waals surface area contributed by atoms with Crippen molar-refractivity contribution in [3.8, 4) is 0 Å². The van der Waals surface area contributed by atoms with E-state index in [1.807, 2.05) is 30.3 Å². The van der Waals surface area contributed by atoms with Crippen molar-refractivity contribution in [2.24, 2.45) is 0 Å². The summed E-state index contributed by atoms with van der Waals surface area (Å²) in [5.41, 5.74) is 0.772. The average Bonchev–Trinajstić information content (AvgIpc) is 2.46. The lowest BCUT2D eigenvalue weighted by atomic mass is 10.2. The van der Waals surface area contributed by atoms with Gasteiger partial charge in [0.1, 0.15) is 5.82 Å². The number of benzene rings is 2. The lowest BCUT2D eigenvalue weighted by Crippen LogP contribution is -2.23. The van der Waals surface area contributed by atoms with Gasteiger partial charge in [-0.3, -0.25) is 4.79 Å². The molecule has 2 rings (SSSR count). The van der Waals surface area contributed by atoms with Crippen LogP contribution in [0.15, 0.2) is 59.5 Å². The topological polar surface area (TPSA) is 29.1 Å². The summed E-state index contributed by atoms with van der Waals surface area (Å²) in [6.45, 7) is 0.368. The summed E-state index contributed by atoms with van der Waals surface area (Å²) in [6, 6.07) is 16.2. The van der Waals surface area contributed by atoms with Crippen LogP contribution in [0.1, 0.15) is 12.0 Å². The van der Waals surface area contributed by atoms with Gasteiger partial charge in [0.15, 0.2) is 0 Å². The maximum absolute atomic E-state index is 13.0. The van der Waals surface area contributed by atoms with Gasteiger partial charge in [-0.15, -0.1) is 11.8 Å². The molecule has 0 aliphatic heterocycles. The van der Waals surface area contributed by atoms with Gasteiger partial charge in [0.25, 0.3) is 0 Å². The molecule has 0 heterocycles. The highest BCUT2D eigenvalue weighted by molar-refractivity contribution is 7.99. The molecule has 0 unspecified atom stereocenters. The van der Waals surface area contributed by atoms with Crippen LogP contribution in [0, 0.1) is 5.82 Å². The van der Waals surface area contributed by atoms with Crippen LogP contribution >= 0.6 is 11.8 Å². The molecule has 0 aliphatic carbocycles. The van der Waals surface area contributed by atoms with Crippen LogP contribution in [0.25, 0.3) is 0 Å². The quantitative estimate of drug-likeness (QED) is 0.823. The summed E-state index contributed by atoms with van der Waals surface area (Å²) in [5, 5.41) is 2.79. The van der Waals surface area contributed by atoms with E-state index in [9.17, 15) is 9.18 Å². The van der Waals surface area contributed by atoms with Crippen molar-refractivity contribution in [1.29, 1.82) is 0 Å². The molecule has 0 bridgehead atoms. The second kappa shape index (κ2) is 7.70. The van der Waals surface area contributed by atoms with Crippen LogP contribution in [0.4, 0.5) is 4.39 Å². The van der Waals surface area contributed by atoms with Gasteiger partial charge in [-0.1, -0.05) is 30.3 Å². The number of carbonyl (C=O) groups is 1. The van der Waals surface area contributed by atoms with E-state index < -0.39 is 0 Å². The fraction of sp³-hybridized carbons (Fsp3) is 0.188. The predicted octanol–water partition coefficient (Wildman–Crippen LogP) is 3.62. The van der Waals surface area contributed by atoms with Crippen molar-refractivity contribution < 1.29 is 9.18 Å². The van der Waals surface area contributed by atoms with E-state index in [1.165, 1.54) is 12.1 Å². The van der Waals surface area contributed by atoms with E-state index in [1.54, 1.807) is 23.9 Å². The number of carbonyl (C=O) groups excluding carboxylic acids is 1. The van der Waals surface area contributed by atoms with Crippen LogP contribution in [-0.4, -0.2) is 11.7 Å². The number of hydrogen-bond donors (Lipinski definition) is 1. The molecular weight excluding hydrogens is 273 g/mol. The van der Waals surface area contributed by atoms with Crippen molar-refractivity contribution in [3.05, 3.63) is 66.0 Å². The molecule has 0 saturated carbocycles. The van der Waals surface area contributed by atoms with Gasteiger partial charge in [-0.25, -0.2) is 4.39 Å². The number of amides is 1. The summed E-state index contributed by atoms with van der Waals surface area (Å²) >= 11 is 1.65. The maximum Gasteiger partial charge on any atom is 0.221 e. The Morgan fingerprint density at radius 2 is 1.90 bits per heavy atom. The standard InChI is InChI=1S/C16H16FNOS/c17-14-6-4-5-13(11-14)12-18-16(19)9-10-20-15-7-2-1-3-8-15/h1-8,11H,9-10,12H2,(H,18,19). The first-order chi connectivity index (χ1) is 9.74. The zero-order chi connectivity index (χ0) is 14.2. The van der Waals surface area contributed by atoms with Gasteiger partial charge in [-0.05, 0) is 29.8 Å². The SMILES string of the molecule is O=C(CCSc1ccccc1)NCc1cccc(F)c1. The van der Waals surface area contributed by atoms with Crippen molar-refractivity contribution >= 4 is 17.7 Å². The molecule has 0 atom stereocenters. The van der Waals surface area contributed by atoms with Gasteiger partial charge in [-0.2, -0.15) is 0 Å². The zero-order valence-electron chi connectivity index (χ0n) is 11.0. The molecule has 0 saturated heterocycles. The second-order valence-electron chi connectivity index (χ2n) is 4.32. The Labute approximate surface area is 122 Å². The molecule has 0 fully saturated rings. The first-order valence-corrected chi connectivity index (χ1v) is 7.41. The van der Waals surface area contributed by atoms with Crippen LogP contribution in [0.2, 0.25) is 0 Å². The molecule has 4 heteroatoms. The minimum Gasteiger partial charge on any atom is -0.352 e. The van der Waals surface area contributed by atoms with Crippen LogP contribution in [0.3, 0.4) is 0 Å². The van der Waals surface area contributed by atoms with E-state index >= 15 is 0 Å². The maximum atomic E-state index is 13.0. The van der Waals surface area contributed by atoms with E-state index in [-0.39, 0.29) is 11.7 Å². The predicted molar refractivity (Wildman–Crippen MR) is 80.0 cm³/mol. The smallest absolute Gasteiger partial charge is 0.221 e. The van der Waals surface area contributed by atoms with Crippen LogP contribution in [-0.2, 0) is 11.3 Å². The molecule has 2 aromatic carbocycles. The van der Waals surface area contributed by atoms with Gasteiger partial charge in [0.2, 0.25) is 5.91 Å². The molecule has 104 valence electrons. The first kappa shape index (κ1) is 14.6. The highest BCUT2D eigenvalue weighted by Gasteiger charge is 2.02. The Hall–Kier alpha value is -1.81. The third kappa shape index (κ3) is 5.05. The molecule has 2 aromatic rings. The Morgan fingerprint density at radius 1 is 1.10 bits per heavy atom. The minimum atomic E-state index is -0.281. The number of halogens is 1. The molecule has 0 radical (unpaired) electrons. The molecule has 0 aromatic heterocycles. The monoisotopic (exact) mass is 289 g/mol. The van der Waals surface area contributed by atoms with Gasteiger partial charge >= 0.3 is 0 Å². The summed E-state index contributed by atoms with van der Waals surface area (Å²) in [6.07, 6.45) is 0.453. The van der Waals surface area contributed by atoms with Gasteiger partial charge in [0, 0.05) is 23.6 Å². The van der Waals surface area contributed by atoms with Crippen LogP contribution < -0.4 is 5.32 Å². The Kier molecular flexibility index (Phi) is 5.62. The van der Waals surface area contributed by atoms with E-state index in [4.69, 9.17) is 0 Å². The fourth-order valence-electron chi connectivity index (χ4n) is 1.71.